The minimum Gasteiger partial charge on any atom is -0.345 e. The molecule has 1 amide bonds. The number of alkyl halides is 1. The number of nitrogens with zero attached hydrogens (tertiary/aromatic N) is 1. The fourth-order valence-electron chi connectivity index (χ4n) is 1.48. The van der Waals surface area contributed by atoms with E-state index in [0.29, 0.717) is 0 Å². The van der Waals surface area contributed by atoms with E-state index in [1.807, 2.05) is 45.9 Å². The summed E-state index contributed by atoms with van der Waals surface area (Å²) in [6, 6.07) is 5.70. The van der Waals surface area contributed by atoms with Crippen molar-refractivity contribution < 1.29 is 4.79 Å². The SMILES string of the molecule is CC(C)C(Br)C(=O)NC(C)(C)c1ccccn1. The van der Waals surface area contributed by atoms with E-state index >= 15 is 0 Å². The van der Waals surface area contributed by atoms with Crippen molar-refractivity contribution in [2.75, 3.05) is 0 Å². The Morgan fingerprint density at radius 1 is 1.41 bits per heavy atom. The molecule has 1 N–H and O–H groups in total. The first-order chi connectivity index (χ1) is 7.84. The van der Waals surface area contributed by atoms with Crippen LogP contribution in [-0.4, -0.2) is 15.7 Å². The summed E-state index contributed by atoms with van der Waals surface area (Å²) in [4.78, 5) is 16.1. The minimum atomic E-state index is -0.459. The van der Waals surface area contributed by atoms with Gasteiger partial charge in [-0.1, -0.05) is 35.8 Å². The molecule has 0 saturated heterocycles. The molecule has 0 aliphatic heterocycles. The molecular weight excluding hydrogens is 280 g/mol. The predicted octanol–water partition coefficient (Wildman–Crippen LogP) is 2.85. The molecule has 0 aliphatic carbocycles. The zero-order valence-electron chi connectivity index (χ0n) is 10.7. The van der Waals surface area contributed by atoms with Gasteiger partial charge < -0.3 is 5.32 Å². The Kier molecular flexibility index (Phi) is 4.69. The lowest BCUT2D eigenvalue weighted by Crippen LogP contribution is -2.46. The van der Waals surface area contributed by atoms with Crippen LogP contribution in [-0.2, 0) is 10.3 Å². The number of hydrogen-bond donors (Lipinski definition) is 1. The minimum absolute atomic E-state index is 0.00402. The van der Waals surface area contributed by atoms with Gasteiger partial charge in [0.1, 0.15) is 0 Å². The molecular formula is C13H19BrN2O. The number of carbonyl (C=O) groups excluding carboxylic acids is 1. The first-order valence-electron chi connectivity index (χ1n) is 5.72. The second-order valence-electron chi connectivity index (χ2n) is 4.98. The lowest BCUT2D eigenvalue weighted by molar-refractivity contribution is -0.122. The lowest BCUT2D eigenvalue weighted by atomic mass is 9.99. The topological polar surface area (TPSA) is 42.0 Å². The van der Waals surface area contributed by atoms with E-state index in [9.17, 15) is 4.79 Å². The molecule has 4 heteroatoms. The normalized spacial score (nSPS) is 13.5. The number of nitrogens with one attached hydrogen (secondary N) is 1. The maximum Gasteiger partial charge on any atom is 0.234 e. The fourth-order valence-corrected chi connectivity index (χ4v) is 1.59. The van der Waals surface area contributed by atoms with Gasteiger partial charge in [0.05, 0.1) is 16.1 Å². The van der Waals surface area contributed by atoms with Gasteiger partial charge in [0.25, 0.3) is 0 Å². The van der Waals surface area contributed by atoms with Gasteiger partial charge in [0, 0.05) is 6.20 Å². The smallest absolute Gasteiger partial charge is 0.234 e. The maximum absolute atomic E-state index is 12.0. The molecule has 1 aromatic rings. The quantitative estimate of drug-likeness (QED) is 0.869. The number of pyridine rings is 1. The zero-order chi connectivity index (χ0) is 13.1. The summed E-state index contributed by atoms with van der Waals surface area (Å²) in [5, 5.41) is 3.01. The van der Waals surface area contributed by atoms with Crippen LogP contribution in [0.1, 0.15) is 33.4 Å². The number of hydrogen-bond acceptors (Lipinski definition) is 2. The highest BCUT2D eigenvalue weighted by atomic mass is 79.9. The van der Waals surface area contributed by atoms with E-state index in [4.69, 9.17) is 0 Å². The Labute approximate surface area is 111 Å². The van der Waals surface area contributed by atoms with Crippen LogP contribution in [0.25, 0.3) is 0 Å². The van der Waals surface area contributed by atoms with Crippen LogP contribution in [0.5, 0.6) is 0 Å². The van der Waals surface area contributed by atoms with Crippen LogP contribution in [0.15, 0.2) is 24.4 Å². The predicted molar refractivity (Wildman–Crippen MR) is 73.0 cm³/mol. The van der Waals surface area contributed by atoms with Crippen molar-refractivity contribution in [1.29, 1.82) is 0 Å². The molecule has 0 saturated carbocycles. The highest BCUT2D eigenvalue weighted by Crippen LogP contribution is 2.19. The Morgan fingerprint density at radius 3 is 2.53 bits per heavy atom. The average Bonchev–Trinajstić information content (AvgIpc) is 2.28. The number of amides is 1. The maximum atomic E-state index is 12.0. The van der Waals surface area contributed by atoms with Gasteiger partial charge in [-0.05, 0) is 31.9 Å². The van der Waals surface area contributed by atoms with Crippen molar-refractivity contribution in [3.05, 3.63) is 30.1 Å². The van der Waals surface area contributed by atoms with Gasteiger partial charge in [-0.3, -0.25) is 9.78 Å². The summed E-state index contributed by atoms with van der Waals surface area (Å²) in [6.45, 7) is 7.92. The fraction of sp³-hybridized carbons (Fsp3) is 0.538. The van der Waals surface area contributed by atoms with Crippen molar-refractivity contribution in [2.24, 2.45) is 5.92 Å². The van der Waals surface area contributed by atoms with Crippen molar-refractivity contribution in [2.45, 2.75) is 38.1 Å². The second-order valence-corrected chi connectivity index (χ2v) is 5.96. The van der Waals surface area contributed by atoms with Gasteiger partial charge in [0.15, 0.2) is 0 Å². The summed E-state index contributed by atoms with van der Waals surface area (Å²) in [6.07, 6.45) is 1.73. The molecule has 0 aromatic carbocycles. The third kappa shape index (κ3) is 3.80. The van der Waals surface area contributed by atoms with Gasteiger partial charge in [-0.25, -0.2) is 0 Å². The Hall–Kier alpha value is -0.900. The van der Waals surface area contributed by atoms with Crippen LogP contribution in [0.3, 0.4) is 0 Å². The third-order valence-corrected chi connectivity index (χ3v) is 4.05. The molecule has 0 bridgehead atoms. The van der Waals surface area contributed by atoms with Crippen molar-refractivity contribution in [3.63, 3.8) is 0 Å². The van der Waals surface area contributed by atoms with E-state index in [2.05, 4.69) is 26.2 Å². The van der Waals surface area contributed by atoms with Gasteiger partial charge in [0.2, 0.25) is 5.91 Å². The molecule has 0 aliphatic rings. The van der Waals surface area contributed by atoms with Gasteiger partial charge in [-0.2, -0.15) is 0 Å². The Bertz CT molecular complexity index is 376. The molecule has 0 spiro atoms. The van der Waals surface area contributed by atoms with Crippen LogP contribution >= 0.6 is 15.9 Å². The average molecular weight is 299 g/mol. The first kappa shape index (κ1) is 14.2. The summed E-state index contributed by atoms with van der Waals surface area (Å²) < 4.78 is 0. The van der Waals surface area contributed by atoms with Gasteiger partial charge >= 0.3 is 0 Å². The molecule has 0 fully saturated rings. The Morgan fingerprint density at radius 2 is 2.06 bits per heavy atom. The van der Waals surface area contributed by atoms with Crippen LogP contribution < -0.4 is 5.32 Å². The molecule has 3 nitrogen and oxygen atoms in total. The zero-order valence-corrected chi connectivity index (χ0v) is 12.3. The van der Waals surface area contributed by atoms with E-state index in [1.165, 1.54) is 0 Å². The number of aromatic nitrogens is 1. The van der Waals surface area contributed by atoms with E-state index in [-0.39, 0.29) is 16.7 Å². The van der Waals surface area contributed by atoms with Crippen LogP contribution in [0, 0.1) is 5.92 Å². The molecule has 0 radical (unpaired) electrons. The highest BCUT2D eigenvalue weighted by molar-refractivity contribution is 9.10. The largest absolute Gasteiger partial charge is 0.345 e. The Balaban J connectivity index is 2.77. The number of carbonyl (C=O) groups is 1. The van der Waals surface area contributed by atoms with E-state index in [0.717, 1.165) is 5.69 Å². The lowest BCUT2D eigenvalue weighted by Gasteiger charge is -2.27. The van der Waals surface area contributed by atoms with Crippen molar-refractivity contribution in [1.82, 2.24) is 10.3 Å². The van der Waals surface area contributed by atoms with E-state index < -0.39 is 5.54 Å². The first-order valence-corrected chi connectivity index (χ1v) is 6.64. The second kappa shape index (κ2) is 5.63. The van der Waals surface area contributed by atoms with Crippen molar-refractivity contribution in [3.8, 4) is 0 Å². The van der Waals surface area contributed by atoms with Gasteiger partial charge in [-0.15, -0.1) is 0 Å². The molecule has 1 atom stereocenters. The van der Waals surface area contributed by atoms with Crippen LogP contribution in [0.4, 0.5) is 0 Å². The monoisotopic (exact) mass is 298 g/mol. The molecule has 1 aromatic heterocycles. The highest BCUT2D eigenvalue weighted by Gasteiger charge is 2.28. The molecule has 1 rings (SSSR count). The number of rotatable bonds is 4. The summed E-state index contributed by atoms with van der Waals surface area (Å²) in [7, 11) is 0. The molecule has 1 heterocycles. The summed E-state index contributed by atoms with van der Waals surface area (Å²) in [5.74, 6) is 0.255. The standard InChI is InChI=1S/C13H19BrN2O/c1-9(2)11(14)12(17)16-13(3,4)10-7-5-6-8-15-10/h5-9,11H,1-4H3,(H,16,17). The molecule has 1 unspecified atom stereocenters. The number of halogens is 1. The van der Waals surface area contributed by atoms with Crippen LogP contribution in [0.2, 0.25) is 0 Å². The van der Waals surface area contributed by atoms with Crippen molar-refractivity contribution >= 4 is 21.8 Å². The third-order valence-electron chi connectivity index (χ3n) is 2.58. The van der Waals surface area contributed by atoms with E-state index in [1.54, 1.807) is 6.20 Å². The molecule has 17 heavy (non-hydrogen) atoms. The molecule has 94 valence electrons. The summed E-state index contributed by atoms with van der Waals surface area (Å²) >= 11 is 3.40. The summed E-state index contributed by atoms with van der Waals surface area (Å²) in [5.41, 5.74) is 0.399.